The van der Waals surface area contributed by atoms with Crippen LogP contribution >= 0.6 is 23.2 Å². The van der Waals surface area contributed by atoms with Crippen molar-refractivity contribution in [2.45, 2.75) is 12.5 Å². The van der Waals surface area contributed by atoms with Crippen LogP contribution in [-0.4, -0.2) is 33.3 Å². The van der Waals surface area contributed by atoms with Crippen molar-refractivity contribution in [1.29, 1.82) is 0 Å². The van der Waals surface area contributed by atoms with Gasteiger partial charge in [-0.15, -0.1) is 0 Å². The summed E-state index contributed by atoms with van der Waals surface area (Å²) in [5, 5.41) is 3.94. The summed E-state index contributed by atoms with van der Waals surface area (Å²) in [6, 6.07) is 12.1. The molecule has 148 valence electrons. The summed E-state index contributed by atoms with van der Waals surface area (Å²) in [6.07, 6.45) is 5.24. The zero-order chi connectivity index (χ0) is 20.5. The molecule has 1 aromatic heterocycles. The van der Waals surface area contributed by atoms with E-state index in [1.807, 2.05) is 12.1 Å². The van der Waals surface area contributed by atoms with Crippen LogP contribution in [-0.2, 0) is 9.59 Å². The van der Waals surface area contributed by atoms with Gasteiger partial charge in [-0.3, -0.25) is 9.59 Å². The monoisotopic (exact) mass is 428 g/mol. The smallest absolute Gasteiger partial charge is 0.230 e. The molecule has 0 spiro atoms. The zero-order valence-corrected chi connectivity index (χ0v) is 17.1. The number of hydrogen-bond donors (Lipinski definition) is 1. The van der Waals surface area contributed by atoms with Crippen LogP contribution in [0.2, 0.25) is 10.0 Å². The second-order valence-electron chi connectivity index (χ2n) is 6.94. The van der Waals surface area contributed by atoms with Gasteiger partial charge in [0.25, 0.3) is 0 Å². The van der Waals surface area contributed by atoms with Crippen molar-refractivity contribution in [2.75, 3.05) is 12.4 Å². The Labute approximate surface area is 178 Å². The lowest BCUT2D eigenvalue weighted by atomic mass is 9.93. The third kappa shape index (κ3) is 3.86. The Morgan fingerprint density at radius 1 is 1.21 bits per heavy atom. The molecule has 0 saturated carbocycles. The van der Waals surface area contributed by atoms with Gasteiger partial charge in [0.05, 0.1) is 29.0 Å². The van der Waals surface area contributed by atoms with Gasteiger partial charge >= 0.3 is 0 Å². The standard InChI is InChI=1S/C21H18Cl2N4O2/c1-26-19(28)11-16(20(26)13-3-2-4-14(22)9-13)21(29)25-15-5-6-18(17(23)10-15)27-8-7-24-12-27/h2-10,12,16,20H,11H2,1H3,(H,25,29). The fraction of sp³-hybridized carbons (Fsp3) is 0.190. The molecule has 1 saturated heterocycles. The number of carbonyl (C=O) groups is 2. The normalized spacial score (nSPS) is 18.9. The fourth-order valence-corrected chi connectivity index (χ4v) is 4.16. The largest absolute Gasteiger partial charge is 0.338 e. The minimum atomic E-state index is -0.530. The average Bonchev–Trinajstić information content (AvgIpc) is 3.31. The summed E-state index contributed by atoms with van der Waals surface area (Å²) in [4.78, 5) is 31.0. The molecule has 2 heterocycles. The lowest BCUT2D eigenvalue weighted by molar-refractivity contribution is -0.127. The van der Waals surface area contributed by atoms with E-state index in [9.17, 15) is 9.59 Å². The lowest BCUT2D eigenvalue weighted by Crippen LogP contribution is -2.30. The van der Waals surface area contributed by atoms with E-state index in [1.165, 1.54) is 0 Å². The average molecular weight is 429 g/mol. The number of benzene rings is 2. The highest BCUT2D eigenvalue weighted by molar-refractivity contribution is 6.32. The summed E-state index contributed by atoms with van der Waals surface area (Å²) in [6.45, 7) is 0. The van der Waals surface area contributed by atoms with Gasteiger partial charge < -0.3 is 14.8 Å². The van der Waals surface area contributed by atoms with E-state index in [1.54, 1.807) is 65.6 Å². The van der Waals surface area contributed by atoms with Crippen LogP contribution in [0.4, 0.5) is 5.69 Å². The Balaban J connectivity index is 1.57. The number of aromatic nitrogens is 2. The molecule has 6 nitrogen and oxygen atoms in total. The van der Waals surface area contributed by atoms with Gasteiger partial charge in [0.2, 0.25) is 11.8 Å². The van der Waals surface area contributed by atoms with E-state index >= 15 is 0 Å². The molecule has 2 atom stereocenters. The van der Waals surface area contributed by atoms with Crippen LogP contribution in [0.15, 0.2) is 61.2 Å². The lowest BCUT2D eigenvalue weighted by Gasteiger charge is -2.25. The molecule has 2 aromatic carbocycles. The number of nitrogens with one attached hydrogen (secondary N) is 1. The maximum atomic E-state index is 13.0. The molecule has 4 rings (SSSR count). The number of imidazole rings is 1. The highest BCUT2D eigenvalue weighted by Gasteiger charge is 2.42. The maximum Gasteiger partial charge on any atom is 0.230 e. The number of halogens is 2. The number of nitrogens with zero attached hydrogens (tertiary/aromatic N) is 3. The summed E-state index contributed by atoms with van der Waals surface area (Å²) in [5.41, 5.74) is 2.16. The predicted molar refractivity (Wildman–Crippen MR) is 112 cm³/mol. The number of likely N-dealkylation sites (tertiary alicyclic amines) is 1. The Hall–Kier alpha value is -2.83. The summed E-state index contributed by atoms with van der Waals surface area (Å²) in [7, 11) is 1.71. The highest BCUT2D eigenvalue weighted by atomic mass is 35.5. The van der Waals surface area contributed by atoms with Crippen LogP contribution in [0.5, 0.6) is 0 Å². The molecular weight excluding hydrogens is 411 g/mol. The first-order valence-corrected chi connectivity index (χ1v) is 9.79. The van der Waals surface area contributed by atoms with Crippen LogP contribution in [0, 0.1) is 5.92 Å². The number of amides is 2. The van der Waals surface area contributed by atoms with Gasteiger partial charge in [-0.2, -0.15) is 0 Å². The number of hydrogen-bond acceptors (Lipinski definition) is 3. The molecule has 2 unspecified atom stereocenters. The molecule has 1 fully saturated rings. The summed E-state index contributed by atoms with van der Waals surface area (Å²) < 4.78 is 1.79. The van der Waals surface area contributed by atoms with Crippen molar-refractivity contribution in [2.24, 2.45) is 5.92 Å². The number of carbonyl (C=O) groups excluding carboxylic acids is 2. The van der Waals surface area contributed by atoms with Crippen molar-refractivity contribution in [3.63, 3.8) is 0 Å². The Bertz CT molecular complexity index is 1070. The van der Waals surface area contributed by atoms with Gasteiger partial charge in [0, 0.05) is 36.6 Å². The Morgan fingerprint density at radius 2 is 2.03 bits per heavy atom. The minimum Gasteiger partial charge on any atom is -0.338 e. The number of anilines is 1. The van der Waals surface area contributed by atoms with Crippen molar-refractivity contribution < 1.29 is 9.59 Å². The molecule has 0 radical (unpaired) electrons. The molecule has 2 amide bonds. The maximum absolute atomic E-state index is 13.0. The molecule has 1 N–H and O–H groups in total. The van der Waals surface area contributed by atoms with E-state index in [0.717, 1.165) is 11.3 Å². The Kier molecular flexibility index (Phi) is 5.30. The van der Waals surface area contributed by atoms with Gasteiger partial charge in [-0.05, 0) is 35.9 Å². The molecule has 8 heteroatoms. The third-order valence-electron chi connectivity index (χ3n) is 5.11. The molecule has 1 aliphatic heterocycles. The molecule has 0 aliphatic carbocycles. The first-order chi connectivity index (χ1) is 13.9. The van der Waals surface area contributed by atoms with E-state index in [0.29, 0.717) is 15.7 Å². The van der Waals surface area contributed by atoms with Crippen molar-refractivity contribution in [1.82, 2.24) is 14.5 Å². The van der Waals surface area contributed by atoms with Crippen LogP contribution in [0.1, 0.15) is 18.0 Å². The molecule has 1 aliphatic rings. The highest BCUT2D eigenvalue weighted by Crippen LogP contribution is 2.38. The van der Waals surface area contributed by atoms with Crippen LogP contribution in [0.3, 0.4) is 0 Å². The fourth-order valence-electron chi connectivity index (χ4n) is 3.68. The second-order valence-corrected chi connectivity index (χ2v) is 7.78. The Morgan fingerprint density at radius 3 is 2.72 bits per heavy atom. The van der Waals surface area contributed by atoms with Crippen molar-refractivity contribution >= 4 is 40.7 Å². The minimum absolute atomic E-state index is 0.0800. The molecule has 29 heavy (non-hydrogen) atoms. The second kappa shape index (κ2) is 7.89. The van der Waals surface area contributed by atoms with Crippen molar-refractivity contribution in [3.8, 4) is 5.69 Å². The van der Waals surface area contributed by atoms with E-state index in [-0.39, 0.29) is 24.3 Å². The predicted octanol–water partition coefficient (Wildman–Crippen LogP) is 4.34. The summed E-state index contributed by atoms with van der Waals surface area (Å²) >= 11 is 12.5. The van der Waals surface area contributed by atoms with E-state index in [2.05, 4.69) is 10.3 Å². The third-order valence-corrected chi connectivity index (χ3v) is 5.65. The first-order valence-electron chi connectivity index (χ1n) is 9.04. The first kappa shape index (κ1) is 19.5. The SMILES string of the molecule is CN1C(=O)CC(C(=O)Nc2ccc(-n3ccnc3)c(Cl)c2)C1c1cccc(Cl)c1. The van der Waals surface area contributed by atoms with Crippen LogP contribution < -0.4 is 5.32 Å². The van der Waals surface area contributed by atoms with Crippen molar-refractivity contribution in [3.05, 3.63) is 76.8 Å². The van der Waals surface area contributed by atoms with Gasteiger partial charge in [-0.1, -0.05) is 35.3 Å². The van der Waals surface area contributed by atoms with Gasteiger partial charge in [0.1, 0.15) is 0 Å². The van der Waals surface area contributed by atoms with E-state index in [4.69, 9.17) is 23.2 Å². The quantitative estimate of drug-likeness (QED) is 0.671. The topological polar surface area (TPSA) is 67.2 Å². The zero-order valence-electron chi connectivity index (χ0n) is 15.5. The number of rotatable bonds is 4. The van der Waals surface area contributed by atoms with E-state index < -0.39 is 5.92 Å². The molecule has 3 aromatic rings. The molecule has 0 bridgehead atoms. The summed E-state index contributed by atoms with van der Waals surface area (Å²) in [5.74, 6) is -0.846. The molecular formula is C21H18Cl2N4O2. The van der Waals surface area contributed by atoms with Crippen LogP contribution in [0.25, 0.3) is 5.69 Å². The van der Waals surface area contributed by atoms with Gasteiger partial charge in [0.15, 0.2) is 0 Å². The van der Waals surface area contributed by atoms with Gasteiger partial charge in [-0.25, -0.2) is 4.98 Å².